The maximum absolute atomic E-state index is 8.67. The molecule has 1 unspecified atom stereocenters. The van der Waals surface area contributed by atoms with Crippen molar-refractivity contribution in [3.63, 3.8) is 0 Å². The lowest BCUT2D eigenvalue weighted by molar-refractivity contribution is -0.0999. The summed E-state index contributed by atoms with van der Waals surface area (Å²) < 4.78 is 5.14. The van der Waals surface area contributed by atoms with Crippen LogP contribution in [0.5, 0.6) is 0 Å². The zero-order valence-corrected chi connectivity index (χ0v) is 7.97. The van der Waals surface area contributed by atoms with Crippen LogP contribution in [0.4, 0.5) is 0 Å². The Kier molecular flexibility index (Phi) is 3.50. The van der Waals surface area contributed by atoms with Gasteiger partial charge in [-0.2, -0.15) is 0 Å². The predicted octanol–water partition coefficient (Wildman–Crippen LogP) is 0.383. The summed E-state index contributed by atoms with van der Waals surface area (Å²) >= 11 is 0. The van der Waals surface area contributed by atoms with Gasteiger partial charge in [0.1, 0.15) is 0 Å². The molecule has 1 aliphatic heterocycles. The number of hydrogen-bond donors (Lipinski definition) is 2. The van der Waals surface area contributed by atoms with Gasteiger partial charge in [-0.15, -0.1) is 0 Å². The van der Waals surface area contributed by atoms with Crippen molar-refractivity contribution in [2.75, 3.05) is 26.4 Å². The van der Waals surface area contributed by atoms with Crippen molar-refractivity contribution in [3.8, 4) is 0 Å². The molecule has 1 rings (SSSR count). The van der Waals surface area contributed by atoms with Crippen LogP contribution in [0.25, 0.3) is 0 Å². The molecule has 1 fully saturated rings. The molecule has 3 heteroatoms. The van der Waals surface area contributed by atoms with Gasteiger partial charge < -0.3 is 15.2 Å². The zero-order chi connectivity index (χ0) is 9.03. The van der Waals surface area contributed by atoms with E-state index in [1.165, 1.54) is 0 Å². The first-order chi connectivity index (χ1) is 5.66. The molecule has 0 aliphatic carbocycles. The first-order valence-corrected chi connectivity index (χ1v) is 4.58. The van der Waals surface area contributed by atoms with E-state index in [0.717, 1.165) is 26.2 Å². The van der Waals surface area contributed by atoms with Crippen LogP contribution in [0.1, 0.15) is 20.3 Å². The highest BCUT2D eigenvalue weighted by Gasteiger charge is 2.32. The molecule has 12 heavy (non-hydrogen) atoms. The Morgan fingerprint density at radius 1 is 1.58 bits per heavy atom. The molecular formula is C9H19NO2. The molecule has 0 saturated carbocycles. The van der Waals surface area contributed by atoms with Crippen LogP contribution in [0, 0.1) is 5.41 Å². The number of nitrogens with one attached hydrogen (secondary N) is 1. The van der Waals surface area contributed by atoms with Crippen molar-refractivity contribution in [1.29, 1.82) is 0 Å². The monoisotopic (exact) mass is 173 g/mol. The van der Waals surface area contributed by atoms with Gasteiger partial charge in [-0.1, -0.05) is 6.92 Å². The maximum atomic E-state index is 8.67. The molecule has 3 nitrogen and oxygen atoms in total. The van der Waals surface area contributed by atoms with Gasteiger partial charge in [-0.3, -0.25) is 0 Å². The minimum atomic E-state index is 0.265. The highest BCUT2D eigenvalue weighted by atomic mass is 16.5. The topological polar surface area (TPSA) is 41.5 Å². The Hall–Kier alpha value is -0.120. The van der Waals surface area contributed by atoms with Gasteiger partial charge in [0.25, 0.3) is 0 Å². The molecule has 1 atom stereocenters. The van der Waals surface area contributed by atoms with Crippen LogP contribution >= 0.6 is 0 Å². The first-order valence-electron chi connectivity index (χ1n) is 4.58. The number of ether oxygens (including phenoxy) is 1. The molecule has 72 valence electrons. The Morgan fingerprint density at radius 3 is 2.67 bits per heavy atom. The summed E-state index contributed by atoms with van der Waals surface area (Å²) in [5, 5.41) is 12.1. The van der Waals surface area contributed by atoms with Crippen LogP contribution < -0.4 is 5.32 Å². The molecule has 1 saturated heterocycles. The van der Waals surface area contributed by atoms with Gasteiger partial charge in [0.2, 0.25) is 0 Å². The summed E-state index contributed by atoms with van der Waals surface area (Å²) in [6, 6.07) is 0.410. The lowest BCUT2D eigenvalue weighted by Gasteiger charge is -2.39. The number of aliphatic hydroxyl groups is 1. The highest BCUT2D eigenvalue weighted by molar-refractivity contribution is 4.83. The SMILES string of the molecule is CC(CCO)NCC1(C)COC1. The molecule has 1 aliphatic rings. The normalized spacial score (nSPS) is 23.2. The van der Waals surface area contributed by atoms with Crippen molar-refractivity contribution in [3.05, 3.63) is 0 Å². The smallest absolute Gasteiger partial charge is 0.0554 e. The summed E-state index contributed by atoms with van der Waals surface area (Å²) in [5.74, 6) is 0. The van der Waals surface area contributed by atoms with E-state index in [1.807, 2.05) is 0 Å². The zero-order valence-electron chi connectivity index (χ0n) is 7.97. The minimum Gasteiger partial charge on any atom is -0.396 e. The molecule has 0 aromatic rings. The van der Waals surface area contributed by atoms with E-state index in [9.17, 15) is 0 Å². The fourth-order valence-electron chi connectivity index (χ4n) is 1.27. The fraction of sp³-hybridized carbons (Fsp3) is 1.00. The highest BCUT2D eigenvalue weighted by Crippen LogP contribution is 2.25. The van der Waals surface area contributed by atoms with E-state index >= 15 is 0 Å². The minimum absolute atomic E-state index is 0.265. The second-order valence-electron chi connectivity index (χ2n) is 4.10. The summed E-state index contributed by atoms with van der Waals surface area (Å²) in [5.41, 5.74) is 0.337. The van der Waals surface area contributed by atoms with Gasteiger partial charge in [0.15, 0.2) is 0 Å². The van der Waals surface area contributed by atoms with Crippen molar-refractivity contribution in [1.82, 2.24) is 5.32 Å². The van der Waals surface area contributed by atoms with E-state index in [-0.39, 0.29) is 6.61 Å². The van der Waals surface area contributed by atoms with E-state index in [0.29, 0.717) is 11.5 Å². The Bertz CT molecular complexity index is 134. The largest absolute Gasteiger partial charge is 0.396 e. The number of rotatable bonds is 5. The Morgan fingerprint density at radius 2 is 2.25 bits per heavy atom. The first kappa shape index (κ1) is 9.96. The van der Waals surface area contributed by atoms with E-state index in [2.05, 4.69) is 19.2 Å². The second kappa shape index (κ2) is 4.21. The third-order valence-electron chi connectivity index (χ3n) is 2.34. The predicted molar refractivity (Wildman–Crippen MR) is 48.1 cm³/mol. The molecule has 0 bridgehead atoms. The van der Waals surface area contributed by atoms with Gasteiger partial charge in [-0.25, -0.2) is 0 Å². The van der Waals surface area contributed by atoms with Crippen molar-refractivity contribution < 1.29 is 9.84 Å². The van der Waals surface area contributed by atoms with E-state index < -0.39 is 0 Å². The summed E-state index contributed by atoms with van der Waals surface area (Å²) in [6.45, 7) is 7.31. The standard InChI is InChI=1S/C9H19NO2/c1-8(3-4-11)10-5-9(2)6-12-7-9/h8,10-11H,3-7H2,1-2H3. The van der Waals surface area contributed by atoms with Gasteiger partial charge in [0.05, 0.1) is 13.2 Å². The lowest BCUT2D eigenvalue weighted by Crippen LogP contribution is -2.49. The number of aliphatic hydroxyl groups excluding tert-OH is 1. The molecule has 0 spiro atoms. The summed E-state index contributed by atoms with van der Waals surface area (Å²) in [6.07, 6.45) is 0.830. The third-order valence-corrected chi connectivity index (χ3v) is 2.34. The number of hydrogen-bond acceptors (Lipinski definition) is 3. The molecule has 0 aromatic heterocycles. The third kappa shape index (κ3) is 2.73. The quantitative estimate of drug-likeness (QED) is 0.631. The van der Waals surface area contributed by atoms with Crippen molar-refractivity contribution in [2.45, 2.75) is 26.3 Å². The summed E-state index contributed by atoms with van der Waals surface area (Å²) in [7, 11) is 0. The molecule has 0 aromatic carbocycles. The van der Waals surface area contributed by atoms with Crippen molar-refractivity contribution >= 4 is 0 Å². The summed E-state index contributed by atoms with van der Waals surface area (Å²) in [4.78, 5) is 0. The van der Waals surface area contributed by atoms with Crippen molar-refractivity contribution in [2.24, 2.45) is 5.41 Å². The van der Waals surface area contributed by atoms with E-state index in [4.69, 9.17) is 9.84 Å². The van der Waals surface area contributed by atoms with Crippen LogP contribution in [-0.2, 0) is 4.74 Å². The lowest BCUT2D eigenvalue weighted by atomic mass is 9.88. The van der Waals surface area contributed by atoms with Gasteiger partial charge in [-0.05, 0) is 13.3 Å². The van der Waals surface area contributed by atoms with E-state index in [1.54, 1.807) is 0 Å². The van der Waals surface area contributed by atoms with Gasteiger partial charge in [0, 0.05) is 24.6 Å². The van der Waals surface area contributed by atoms with Crippen LogP contribution in [0.15, 0.2) is 0 Å². The molecule has 0 amide bonds. The Labute approximate surface area is 74.1 Å². The molecule has 2 N–H and O–H groups in total. The average Bonchev–Trinajstić information content (AvgIpc) is 1.98. The maximum Gasteiger partial charge on any atom is 0.0554 e. The van der Waals surface area contributed by atoms with Crippen LogP contribution in [0.2, 0.25) is 0 Å². The molecule has 0 radical (unpaired) electrons. The fourth-order valence-corrected chi connectivity index (χ4v) is 1.27. The molecular weight excluding hydrogens is 154 g/mol. The van der Waals surface area contributed by atoms with Crippen LogP contribution in [-0.4, -0.2) is 37.5 Å². The second-order valence-corrected chi connectivity index (χ2v) is 4.10. The molecule has 1 heterocycles. The van der Waals surface area contributed by atoms with Gasteiger partial charge >= 0.3 is 0 Å². The average molecular weight is 173 g/mol. The Balaban J connectivity index is 2.07. The van der Waals surface area contributed by atoms with Crippen LogP contribution in [0.3, 0.4) is 0 Å².